The summed E-state index contributed by atoms with van der Waals surface area (Å²) in [5, 5.41) is 6.42. The van der Waals surface area contributed by atoms with E-state index in [0.717, 1.165) is 49.7 Å². The Labute approximate surface area is 119 Å². The number of para-hydroxylation sites is 1. The molecule has 0 radical (unpaired) electrons. The van der Waals surface area contributed by atoms with Crippen molar-refractivity contribution in [2.75, 3.05) is 26.2 Å². The van der Waals surface area contributed by atoms with Crippen LogP contribution in [0.2, 0.25) is 0 Å². The maximum Gasteiger partial charge on any atom is 0.226 e. The van der Waals surface area contributed by atoms with Gasteiger partial charge in [-0.3, -0.25) is 4.79 Å². The number of ether oxygens (including phenoxy) is 1. The lowest BCUT2D eigenvalue weighted by Gasteiger charge is -2.24. The van der Waals surface area contributed by atoms with E-state index >= 15 is 0 Å². The Kier molecular flexibility index (Phi) is 4.21. The lowest BCUT2D eigenvalue weighted by molar-refractivity contribution is -0.126. The molecule has 0 bridgehead atoms. The molecular weight excluding hydrogens is 252 g/mol. The molecule has 2 atom stereocenters. The van der Waals surface area contributed by atoms with Crippen LogP contribution in [0.4, 0.5) is 0 Å². The minimum atomic E-state index is -0.0494. The third-order valence-electron chi connectivity index (χ3n) is 4.26. The molecular formula is C16H22N2O2. The maximum atomic E-state index is 12.2. The standard InChI is InChI=1S/C16H22N2O2/c19-16(18-8-6-12-5-7-17-10-12)14-9-13-3-1-2-4-15(13)20-11-14/h1-4,12,14,17H,5-11H2,(H,18,19). The molecule has 2 N–H and O–H groups in total. The second-order valence-electron chi connectivity index (χ2n) is 5.76. The van der Waals surface area contributed by atoms with Gasteiger partial charge in [-0.15, -0.1) is 0 Å². The van der Waals surface area contributed by atoms with Gasteiger partial charge in [-0.05, 0) is 49.9 Å². The van der Waals surface area contributed by atoms with Crippen LogP contribution in [0.3, 0.4) is 0 Å². The molecule has 0 aliphatic carbocycles. The Morgan fingerprint density at radius 2 is 2.30 bits per heavy atom. The SMILES string of the molecule is O=C(NCCC1CCNC1)C1COc2ccccc2C1. The zero-order valence-corrected chi connectivity index (χ0v) is 11.7. The fourth-order valence-corrected chi connectivity index (χ4v) is 3.00. The van der Waals surface area contributed by atoms with E-state index in [-0.39, 0.29) is 11.8 Å². The van der Waals surface area contributed by atoms with Gasteiger partial charge in [-0.25, -0.2) is 0 Å². The molecule has 2 heterocycles. The number of amides is 1. The number of fused-ring (bicyclic) bond motifs is 1. The van der Waals surface area contributed by atoms with Crippen LogP contribution in [0, 0.1) is 11.8 Å². The highest BCUT2D eigenvalue weighted by atomic mass is 16.5. The van der Waals surface area contributed by atoms with Crippen LogP contribution < -0.4 is 15.4 Å². The van der Waals surface area contributed by atoms with Crippen LogP contribution in [0.5, 0.6) is 5.75 Å². The van der Waals surface area contributed by atoms with E-state index in [4.69, 9.17) is 4.74 Å². The van der Waals surface area contributed by atoms with Gasteiger partial charge in [0, 0.05) is 6.54 Å². The average molecular weight is 274 g/mol. The monoisotopic (exact) mass is 274 g/mol. The number of rotatable bonds is 4. The Hall–Kier alpha value is -1.55. The molecule has 2 aliphatic rings. The van der Waals surface area contributed by atoms with Crippen LogP contribution >= 0.6 is 0 Å². The molecule has 4 nitrogen and oxygen atoms in total. The zero-order chi connectivity index (χ0) is 13.8. The van der Waals surface area contributed by atoms with E-state index in [0.29, 0.717) is 6.61 Å². The summed E-state index contributed by atoms with van der Waals surface area (Å²) in [7, 11) is 0. The average Bonchev–Trinajstić information content (AvgIpc) is 3.00. The van der Waals surface area contributed by atoms with Gasteiger partial charge in [0.25, 0.3) is 0 Å². The molecule has 4 heteroatoms. The Bertz CT molecular complexity index is 469. The third kappa shape index (κ3) is 3.12. The van der Waals surface area contributed by atoms with Crippen molar-refractivity contribution in [2.45, 2.75) is 19.3 Å². The van der Waals surface area contributed by atoms with Crippen LogP contribution in [0.1, 0.15) is 18.4 Å². The number of benzene rings is 1. The van der Waals surface area contributed by atoms with Crippen molar-refractivity contribution in [3.63, 3.8) is 0 Å². The first-order valence-corrected chi connectivity index (χ1v) is 7.52. The first-order chi connectivity index (χ1) is 9.83. The van der Waals surface area contributed by atoms with Gasteiger partial charge in [0.15, 0.2) is 0 Å². The molecule has 1 fully saturated rings. The van der Waals surface area contributed by atoms with Crippen molar-refractivity contribution in [1.29, 1.82) is 0 Å². The lowest BCUT2D eigenvalue weighted by atomic mass is 9.96. The second kappa shape index (κ2) is 6.27. The summed E-state index contributed by atoms with van der Waals surface area (Å²) in [6.45, 7) is 3.48. The largest absolute Gasteiger partial charge is 0.492 e. The molecule has 0 spiro atoms. The molecule has 1 aromatic rings. The van der Waals surface area contributed by atoms with Crippen molar-refractivity contribution in [1.82, 2.24) is 10.6 Å². The summed E-state index contributed by atoms with van der Waals surface area (Å²) in [6.07, 6.45) is 3.09. The van der Waals surface area contributed by atoms with Gasteiger partial charge < -0.3 is 15.4 Å². The predicted molar refractivity (Wildman–Crippen MR) is 77.7 cm³/mol. The minimum absolute atomic E-state index is 0.0494. The van der Waals surface area contributed by atoms with E-state index in [1.165, 1.54) is 6.42 Å². The summed E-state index contributed by atoms with van der Waals surface area (Å²) in [4.78, 5) is 12.2. The number of carbonyl (C=O) groups is 1. The summed E-state index contributed by atoms with van der Waals surface area (Å²) < 4.78 is 5.67. The van der Waals surface area contributed by atoms with Crippen LogP contribution in [-0.4, -0.2) is 32.1 Å². The van der Waals surface area contributed by atoms with E-state index in [1.54, 1.807) is 0 Å². The van der Waals surface area contributed by atoms with Gasteiger partial charge in [0.1, 0.15) is 12.4 Å². The van der Waals surface area contributed by atoms with Crippen molar-refractivity contribution in [3.05, 3.63) is 29.8 Å². The van der Waals surface area contributed by atoms with E-state index in [2.05, 4.69) is 10.6 Å². The second-order valence-corrected chi connectivity index (χ2v) is 5.76. The molecule has 2 unspecified atom stereocenters. The highest BCUT2D eigenvalue weighted by Crippen LogP contribution is 2.26. The van der Waals surface area contributed by atoms with Crippen LogP contribution in [-0.2, 0) is 11.2 Å². The fraction of sp³-hybridized carbons (Fsp3) is 0.562. The number of hydrogen-bond donors (Lipinski definition) is 2. The van der Waals surface area contributed by atoms with Crippen molar-refractivity contribution in [2.24, 2.45) is 11.8 Å². The van der Waals surface area contributed by atoms with Crippen LogP contribution in [0.25, 0.3) is 0 Å². The highest BCUT2D eigenvalue weighted by Gasteiger charge is 2.25. The van der Waals surface area contributed by atoms with E-state index in [1.807, 2.05) is 24.3 Å². The van der Waals surface area contributed by atoms with Gasteiger partial charge in [-0.1, -0.05) is 18.2 Å². The smallest absolute Gasteiger partial charge is 0.226 e. The highest BCUT2D eigenvalue weighted by molar-refractivity contribution is 5.79. The molecule has 0 aromatic heterocycles. The number of nitrogens with one attached hydrogen (secondary N) is 2. The van der Waals surface area contributed by atoms with Crippen molar-refractivity contribution >= 4 is 5.91 Å². The zero-order valence-electron chi connectivity index (χ0n) is 11.7. The number of hydrogen-bond acceptors (Lipinski definition) is 3. The molecule has 108 valence electrons. The summed E-state index contributed by atoms with van der Waals surface area (Å²) in [5.41, 5.74) is 1.14. The summed E-state index contributed by atoms with van der Waals surface area (Å²) >= 11 is 0. The quantitative estimate of drug-likeness (QED) is 0.871. The molecule has 1 saturated heterocycles. The van der Waals surface area contributed by atoms with Gasteiger partial charge in [0.2, 0.25) is 5.91 Å². The maximum absolute atomic E-state index is 12.2. The molecule has 20 heavy (non-hydrogen) atoms. The summed E-state index contributed by atoms with van der Waals surface area (Å²) in [6, 6.07) is 7.97. The van der Waals surface area contributed by atoms with Gasteiger partial charge in [0.05, 0.1) is 5.92 Å². The van der Waals surface area contributed by atoms with Crippen LogP contribution in [0.15, 0.2) is 24.3 Å². The molecule has 3 rings (SSSR count). The topological polar surface area (TPSA) is 50.4 Å². The van der Waals surface area contributed by atoms with Crippen molar-refractivity contribution < 1.29 is 9.53 Å². The lowest BCUT2D eigenvalue weighted by Crippen LogP contribution is -2.38. The van der Waals surface area contributed by atoms with Gasteiger partial charge >= 0.3 is 0 Å². The Morgan fingerprint density at radius 1 is 1.40 bits per heavy atom. The normalized spacial score (nSPS) is 24.8. The van der Waals surface area contributed by atoms with E-state index < -0.39 is 0 Å². The van der Waals surface area contributed by atoms with E-state index in [9.17, 15) is 4.79 Å². The molecule has 0 saturated carbocycles. The molecule has 1 amide bonds. The van der Waals surface area contributed by atoms with Gasteiger partial charge in [-0.2, -0.15) is 0 Å². The Balaban J connectivity index is 1.46. The first-order valence-electron chi connectivity index (χ1n) is 7.52. The minimum Gasteiger partial charge on any atom is -0.492 e. The molecule has 2 aliphatic heterocycles. The Morgan fingerprint density at radius 3 is 3.15 bits per heavy atom. The third-order valence-corrected chi connectivity index (χ3v) is 4.26. The fourth-order valence-electron chi connectivity index (χ4n) is 3.00. The number of carbonyl (C=O) groups excluding carboxylic acids is 1. The molecule has 1 aromatic carbocycles. The first kappa shape index (κ1) is 13.4. The summed E-state index contributed by atoms with van der Waals surface area (Å²) in [5.74, 6) is 1.73. The van der Waals surface area contributed by atoms with Crippen molar-refractivity contribution in [3.8, 4) is 5.75 Å². The predicted octanol–water partition coefficient (Wildman–Crippen LogP) is 1.35.